The summed E-state index contributed by atoms with van der Waals surface area (Å²) in [5.41, 5.74) is 3.78. The zero-order valence-corrected chi connectivity index (χ0v) is 16.1. The SMILES string of the molecule is O=C(O)COC1CCN(c2cnc(-c3ccccc3)c(-c3ccccc3)n2)CC1. The Morgan fingerprint density at radius 2 is 1.55 bits per heavy atom. The molecule has 0 saturated carbocycles. The molecule has 1 saturated heterocycles. The maximum atomic E-state index is 10.7. The topological polar surface area (TPSA) is 75.6 Å². The van der Waals surface area contributed by atoms with Crippen LogP contribution in [0.5, 0.6) is 0 Å². The van der Waals surface area contributed by atoms with E-state index in [0.717, 1.165) is 54.3 Å². The fourth-order valence-electron chi connectivity index (χ4n) is 3.58. The Labute approximate surface area is 169 Å². The van der Waals surface area contributed by atoms with E-state index in [9.17, 15) is 4.79 Å². The molecule has 1 aliphatic rings. The monoisotopic (exact) mass is 389 g/mol. The first-order chi connectivity index (χ1) is 14.2. The highest BCUT2D eigenvalue weighted by molar-refractivity contribution is 5.78. The lowest BCUT2D eigenvalue weighted by Crippen LogP contribution is -2.38. The van der Waals surface area contributed by atoms with E-state index in [2.05, 4.69) is 4.90 Å². The van der Waals surface area contributed by atoms with Gasteiger partial charge in [0.05, 0.1) is 23.7 Å². The van der Waals surface area contributed by atoms with E-state index in [-0.39, 0.29) is 12.7 Å². The smallest absolute Gasteiger partial charge is 0.329 e. The number of carboxylic acid groups (broad SMARTS) is 1. The molecule has 1 fully saturated rings. The van der Waals surface area contributed by atoms with Gasteiger partial charge in [0.1, 0.15) is 12.4 Å². The summed E-state index contributed by atoms with van der Waals surface area (Å²) in [5.74, 6) is -0.0949. The molecule has 0 bridgehead atoms. The minimum absolute atomic E-state index is 0.0208. The number of anilines is 1. The molecule has 148 valence electrons. The van der Waals surface area contributed by atoms with Crippen LogP contribution in [0, 0.1) is 0 Å². The van der Waals surface area contributed by atoms with Gasteiger partial charge in [0.15, 0.2) is 0 Å². The standard InChI is InChI=1S/C23H23N3O3/c27-21(28)16-29-19-11-13-26(14-12-19)20-15-24-22(17-7-3-1-4-8-17)23(25-20)18-9-5-2-6-10-18/h1-10,15,19H,11-14,16H2,(H,27,28). The van der Waals surface area contributed by atoms with Crippen LogP contribution in [0.25, 0.3) is 22.5 Å². The minimum Gasteiger partial charge on any atom is -0.480 e. The number of nitrogens with zero attached hydrogens (tertiary/aromatic N) is 3. The molecular formula is C23H23N3O3. The molecule has 1 N–H and O–H groups in total. The first-order valence-electron chi connectivity index (χ1n) is 9.77. The van der Waals surface area contributed by atoms with E-state index in [1.165, 1.54) is 0 Å². The molecule has 0 radical (unpaired) electrons. The summed E-state index contributed by atoms with van der Waals surface area (Å²) in [6, 6.07) is 20.2. The van der Waals surface area contributed by atoms with Crippen molar-refractivity contribution in [2.75, 3.05) is 24.6 Å². The van der Waals surface area contributed by atoms with Gasteiger partial charge in [-0.1, -0.05) is 60.7 Å². The molecule has 2 aromatic carbocycles. The number of aliphatic carboxylic acids is 1. The Morgan fingerprint density at radius 1 is 0.966 bits per heavy atom. The van der Waals surface area contributed by atoms with Gasteiger partial charge < -0.3 is 14.7 Å². The van der Waals surface area contributed by atoms with Crippen molar-refractivity contribution in [1.82, 2.24) is 9.97 Å². The molecule has 1 aromatic heterocycles. The van der Waals surface area contributed by atoms with Gasteiger partial charge >= 0.3 is 5.97 Å². The van der Waals surface area contributed by atoms with Gasteiger partial charge in [-0.15, -0.1) is 0 Å². The summed E-state index contributed by atoms with van der Waals surface area (Å²) in [5, 5.41) is 8.78. The number of piperidine rings is 1. The summed E-state index contributed by atoms with van der Waals surface area (Å²) < 4.78 is 5.44. The molecule has 4 rings (SSSR count). The highest BCUT2D eigenvalue weighted by Crippen LogP contribution is 2.31. The van der Waals surface area contributed by atoms with Crippen molar-refractivity contribution in [3.63, 3.8) is 0 Å². The highest BCUT2D eigenvalue weighted by Gasteiger charge is 2.23. The van der Waals surface area contributed by atoms with Crippen LogP contribution >= 0.6 is 0 Å². The molecule has 1 aliphatic heterocycles. The van der Waals surface area contributed by atoms with Crippen LogP contribution in [0.15, 0.2) is 66.9 Å². The lowest BCUT2D eigenvalue weighted by atomic mass is 10.0. The van der Waals surface area contributed by atoms with Gasteiger partial charge in [-0.05, 0) is 12.8 Å². The first-order valence-corrected chi connectivity index (χ1v) is 9.77. The molecule has 6 heteroatoms. The summed E-state index contributed by atoms with van der Waals surface area (Å²) >= 11 is 0. The van der Waals surface area contributed by atoms with E-state index in [4.69, 9.17) is 19.8 Å². The molecule has 0 amide bonds. The Kier molecular flexibility index (Phi) is 5.81. The molecule has 6 nitrogen and oxygen atoms in total. The summed E-state index contributed by atoms with van der Waals surface area (Å²) in [4.78, 5) is 22.6. The second-order valence-corrected chi connectivity index (χ2v) is 7.05. The predicted molar refractivity (Wildman–Crippen MR) is 112 cm³/mol. The van der Waals surface area contributed by atoms with E-state index in [1.807, 2.05) is 66.9 Å². The predicted octanol–water partition coefficient (Wildman–Crippen LogP) is 3.88. The number of rotatable bonds is 6. The Morgan fingerprint density at radius 3 is 2.14 bits per heavy atom. The number of ether oxygens (including phenoxy) is 1. The quantitative estimate of drug-likeness (QED) is 0.690. The third kappa shape index (κ3) is 4.60. The Bertz CT molecular complexity index is 956. The van der Waals surface area contributed by atoms with Crippen LogP contribution in [-0.2, 0) is 9.53 Å². The summed E-state index contributed by atoms with van der Waals surface area (Å²) in [7, 11) is 0. The molecule has 3 aromatic rings. The van der Waals surface area contributed by atoms with Crippen LogP contribution in [0.2, 0.25) is 0 Å². The largest absolute Gasteiger partial charge is 0.480 e. The normalized spacial score (nSPS) is 14.7. The summed E-state index contributed by atoms with van der Waals surface area (Å²) in [6.07, 6.45) is 3.35. The maximum absolute atomic E-state index is 10.7. The number of aromatic nitrogens is 2. The van der Waals surface area contributed by atoms with Crippen molar-refractivity contribution in [2.24, 2.45) is 0 Å². The van der Waals surface area contributed by atoms with Crippen molar-refractivity contribution in [3.05, 3.63) is 66.9 Å². The van der Waals surface area contributed by atoms with E-state index in [1.54, 1.807) is 0 Å². The average Bonchev–Trinajstić information content (AvgIpc) is 2.79. The molecule has 2 heterocycles. The number of benzene rings is 2. The summed E-state index contributed by atoms with van der Waals surface area (Å²) in [6.45, 7) is 1.28. The maximum Gasteiger partial charge on any atom is 0.329 e. The lowest BCUT2D eigenvalue weighted by Gasteiger charge is -2.32. The van der Waals surface area contributed by atoms with Crippen LogP contribution in [0.4, 0.5) is 5.82 Å². The second kappa shape index (κ2) is 8.84. The number of hydrogen-bond donors (Lipinski definition) is 1. The number of hydrogen-bond acceptors (Lipinski definition) is 5. The van der Waals surface area contributed by atoms with Gasteiger partial charge in [-0.25, -0.2) is 9.78 Å². The average molecular weight is 389 g/mol. The van der Waals surface area contributed by atoms with Gasteiger partial charge in [0.2, 0.25) is 0 Å². The van der Waals surface area contributed by atoms with Crippen LogP contribution in [0.3, 0.4) is 0 Å². The van der Waals surface area contributed by atoms with Crippen molar-refractivity contribution in [1.29, 1.82) is 0 Å². The van der Waals surface area contributed by atoms with Gasteiger partial charge in [-0.3, -0.25) is 4.98 Å². The van der Waals surface area contributed by atoms with Crippen LogP contribution in [-0.4, -0.2) is 46.8 Å². The fourth-order valence-corrected chi connectivity index (χ4v) is 3.58. The van der Waals surface area contributed by atoms with Crippen molar-refractivity contribution in [2.45, 2.75) is 18.9 Å². The molecular weight excluding hydrogens is 366 g/mol. The molecule has 0 unspecified atom stereocenters. The highest BCUT2D eigenvalue weighted by atomic mass is 16.5. The first kappa shape index (κ1) is 19.1. The fraction of sp³-hybridized carbons (Fsp3) is 0.261. The molecule has 29 heavy (non-hydrogen) atoms. The van der Waals surface area contributed by atoms with Gasteiger partial charge in [-0.2, -0.15) is 0 Å². The molecule has 0 aliphatic carbocycles. The zero-order chi connectivity index (χ0) is 20.1. The number of carboxylic acids is 1. The van der Waals surface area contributed by atoms with Crippen LogP contribution in [0.1, 0.15) is 12.8 Å². The third-order valence-corrected chi connectivity index (χ3v) is 5.06. The molecule has 0 spiro atoms. The Balaban J connectivity index is 1.59. The van der Waals surface area contributed by atoms with Crippen molar-refractivity contribution >= 4 is 11.8 Å². The lowest BCUT2D eigenvalue weighted by molar-refractivity contribution is -0.144. The Hall–Kier alpha value is -3.25. The van der Waals surface area contributed by atoms with Gasteiger partial charge in [0, 0.05) is 24.2 Å². The minimum atomic E-state index is -0.928. The van der Waals surface area contributed by atoms with E-state index >= 15 is 0 Å². The van der Waals surface area contributed by atoms with Crippen LogP contribution < -0.4 is 4.90 Å². The third-order valence-electron chi connectivity index (χ3n) is 5.06. The van der Waals surface area contributed by atoms with E-state index < -0.39 is 5.97 Å². The second-order valence-electron chi connectivity index (χ2n) is 7.05. The zero-order valence-electron chi connectivity index (χ0n) is 16.1. The van der Waals surface area contributed by atoms with Crippen molar-refractivity contribution < 1.29 is 14.6 Å². The van der Waals surface area contributed by atoms with E-state index in [0.29, 0.717) is 0 Å². The van der Waals surface area contributed by atoms with Gasteiger partial charge in [0.25, 0.3) is 0 Å². The molecule has 0 atom stereocenters. The number of carbonyl (C=O) groups is 1. The van der Waals surface area contributed by atoms with Crippen molar-refractivity contribution in [3.8, 4) is 22.5 Å².